The van der Waals surface area contributed by atoms with Gasteiger partial charge in [0.1, 0.15) is 0 Å². The third-order valence-electron chi connectivity index (χ3n) is 3.10. The van der Waals surface area contributed by atoms with Crippen LogP contribution in [0.2, 0.25) is 0 Å². The second-order valence-electron chi connectivity index (χ2n) is 4.46. The Morgan fingerprint density at radius 3 is 2.50 bits per heavy atom. The van der Waals surface area contributed by atoms with Gasteiger partial charge in [-0.15, -0.1) is 0 Å². The van der Waals surface area contributed by atoms with Crippen LogP contribution in [-0.4, -0.2) is 11.4 Å². The van der Waals surface area contributed by atoms with E-state index in [0.29, 0.717) is 0 Å². The molecule has 0 saturated heterocycles. The standard InChI is InChI=1S/C15H15N3/c1-3-18-8-6-12(7-9-18)15-16-13-5-4-11(2)10-14(13)17-15/h4-10H,3H2,1-2H3. The topological polar surface area (TPSA) is 28.0 Å². The molecule has 2 aliphatic rings. The molecule has 0 atom stereocenters. The highest BCUT2D eigenvalue weighted by Gasteiger charge is 2.08. The van der Waals surface area contributed by atoms with Crippen molar-refractivity contribution in [1.82, 2.24) is 4.90 Å². The van der Waals surface area contributed by atoms with Crippen LogP contribution in [0.1, 0.15) is 12.5 Å². The highest BCUT2D eigenvalue weighted by Crippen LogP contribution is 2.16. The Morgan fingerprint density at radius 1 is 1.06 bits per heavy atom. The van der Waals surface area contributed by atoms with Crippen LogP contribution in [0, 0.1) is 6.92 Å². The molecule has 3 rings (SSSR count). The van der Waals surface area contributed by atoms with Crippen molar-refractivity contribution >= 4 is 0 Å². The van der Waals surface area contributed by atoms with Gasteiger partial charge in [-0.25, -0.2) is 9.98 Å². The summed E-state index contributed by atoms with van der Waals surface area (Å²) < 4.78 is 0. The molecule has 0 radical (unpaired) electrons. The van der Waals surface area contributed by atoms with Gasteiger partial charge in [0.2, 0.25) is 0 Å². The van der Waals surface area contributed by atoms with Gasteiger partial charge < -0.3 is 4.90 Å². The average molecular weight is 237 g/mol. The van der Waals surface area contributed by atoms with Gasteiger partial charge in [0.05, 0.1) is 10.7 Å². The van der Waals surface area contributed by atoms with Crippen LogP contribution in [0.15, 0.2) is 64.1 Å². The van der Waals surface area contributed by atoms with E-state index in [1.54, 1.807) is 0 Å². The number of allylic oxidation sites excluding steroid dienone is 3. The van der Waals surface area contributed by atoms with Gasteiger partial charge in [-0.1, -0.05) is 6.07 Å². The van der Waals surface area contributed by atoms with Crippen LogP contribution in [0.25, 0.3) is 0 Å². The van der Waals surface area contributed by atoms with Crippen molar-refractivity contribution in [2.24, 2.45) is 9.98 Å². The fourth-order valence-corrected chi connectivity index (χ4v) is 2.02. The molecule has 2 aliphatic heterocycles. The van der Waals surface area contributed by atoms with E-state index in [1.807, 2.05) is 6.07 Å². The molecule has 0 amide bonds. The van der Waals surface area contributed by atoms with E-state index in [9.17, 15) is 0 Å². The summed E-state index contributed by atoms with van der Waals surface area (Å²) in [5.41, 5.74) is 2.28. The predicted molar refractivity (Wildman–Crippen MR) is 71.2 cm³/mol. The summed E-state index contributed by atoms with van der Waals surface area (Å²) in [6.07, 6.45) is 8.23. The number of benzene rings is 1. The molecule has 0 N–H and O–H groups in total. The van der Waals surface area contributed by atoms with Crippen LogP contribution in [0.5, 0.6) is 0 Å². The fraction of sp³-hybridized carbons (Fsp3) is 0.200. The maximum Gasteiger partial charge on any atom is 0.160 e. The molecule has 3 heteroatoms. The van der Waals surface area contributed by atoms with Crippen molar-refractivity contribution in [2.75, 3.05) is 6.54 Å². The van der Waals surface area contributed by atoms with Crippen LogP contribution < -0.4 is 10.7 Å². The molecule has 2 heterocycles. The molecule has 3 nitrogen and oxygen atoms in total. The van der Waals surface area contributed by atoms with Gasteiger partial charge in [-0.05, 0) is 43.7 Å². The quantitative estimate of drug-likeness (QED) is 0.732. The summed E-state index contributed by atoms with van der Waals surface area (Å²) in [6.45, 7) is 5.17. The molecule has 0 bridgehead atoms. The van der Waals surface area contributed by atoms with Crippen LogP contribution in [-0.2, 0) is 0 Å². The Bertz CT molecular complexity index is 677. The van der Waals surface area contributed by atoms with Crippen molar-refractivity contribution in [1.29, 1.82) is 0 Å². The lowest BCUT2D eigenvalue weighted by molar-refractivity contribution is 0.532. The molecular formula is C15H15N3. The normalized spacial score (nSPS) is 16.7. The molecule has 0 saturated carbocycles. The summed E-state index contributed by atoms with van der Waals surface area (Å²) in [5, 5.41) is 1.93. The summed E-state index contributed by atoms with van der Waals surface area (Å²) in [6, 6.07) is 6.16. The zero-order valence-electron chi connectivity index (χ0n) is 10.6. The second kappa shape index (κ2) is 4.26. The first-order valence-corrected chi connectivity index (χ1v) is 6.17. The number of rotatable bonds is 1. The van der Waals surface area contributed by atoms with E-state index >= 15 is 0 Å². The van der Waals surface area contributed by atoms with E-state index in [2.05, 4.69) is 65.4 Å². The Hall–Kier alpha value is -2.16. The first-order chi connectivity index (χ1) is 8.76. The van der Waals surface area contributed by atoms with Crippen molar-refractivity contribution in [3.63, 3.8) is 0 Å². The number of nitrogens with zero attached hydrogens (tertiary/aromatic N) is 3. The van der Waals surface area contributed by atoms with Gasteiger partial charge in [0.15, 0.2) is 5.82 Å². The molecule has 1 aromatic rings. The number of hydrogen-bond acceptors (Lipinski definition) is 3. The number of hydrogen-bond donors (Lipinski definition) is 0. The lowest BCUT2D eigenvalue weighted by Gasteiger charge is -2.15. The minimum atomic E-state index is 0.804. The zero-order valence-corrected chi connectivity index (χ0v) is 10.6. The lowest BCUT2D eigenvalue weighted by atomic mass is 10.2. The summed E-state index contributed by atoms with van der Waals surface area (Å²) in [7, 11) is 0. The maximum absolute atomic E-state index is 4.58. The summed E-state index contributed by atoms with van der Waals surface area (Å²) in [4.78, 5) is 11.3. The van der Waals surface area contributed by atoms with E-state index in [0.717, 1.165) is 28.7 Å². The number of fused-ring (bicyclic) bond motifs is 1. The second-order valence-corrected chi connectivity index (χ2v) is 4.46. The molecule has 0 aliphatic carbocycles. The van der Waals surface area contributed by atoms with Crippen LogP contribution in [0.3, 0.4) is 0 Å². The Labute approximate surface area is 106 Å². The Kier molecular flexibility index (Phi) is 2.59. The van der Waals surface area contributed by atoms with Gasteiger partial charge in [-0.3, -0.25) is 0 Å². The van der Waals surface area contributed by atoms with Gasteiger partial charge in [0, 0.05) is 24.5 Å². The Balaban J connectivity index is 2.05. The highest BCUT2D eigenvalue weighted by atomic mass is 15.1. The van der Waals surface area contributed by atoms with Crippen molar-refractivity contribution in [3.8, 4) is 0 Å². The largest absolute Gasteiger partial charge is 0.354 e. The first-order valence-electron chi connectivity index (χ1n) is 6.17. The van der Waals surface area contributed by atoms with Crippen molar-refractivity contribution in [2.45, 2.75) is 13.8 Å². The third-order valence-corrected chi connectivity index (χ3v) is 3.10. The van der Waals surface area contributed by atoms with Crippen molar-refractivity contribution < 1.29 is 0 Å². The minimum absolute atomic E-state index is 0.804. The average Bonchev–Trinajstić information content (AvgIpc) is 2.81. The molecular weight excluding hydrogens is 222 g/mol. The molecule has 0 fully saturated rings. The van der Waals surface area contributed by atoms with E-state index < -0.39 is 0 Å². The van der Waals surface area contributed by atoms with E-state index in [-0.39, 0.29) is 0 Å². The first kappa shape index (κ1) is 11.0. The molecule has 0 spiro atoms. The maximum atomic E-state index is 4.58. The minimum Gasteiger partial charge on any atom is -0.354 e. The van der Waals surface area contributed by atoms with E-state index in [1.165, 1.54) is 5.56 Å². The van der Waals surface area contributed by atoms with Gasteiger partial charge >= 0.3 is 0 Å². The SMILES string of the molecule is CCN1C=CC(=C2N=c3ccc(C)cc3=N2)C=C1. The lowest BCUT2D eigenvalue weighted by Crippen LogP contribution is -2.20. The number of aryl methyl sites for hydroxylation is 1. The summed E-state index contributed by atoms with van der Waals surface area (Å²) >= 11 is 0. The zero-order chi connectivity index (χ0) is 12.5. The smallest absolute Gasteiger partial charge is 0.160 e. The monoisotopic (exact) mass is 237 g/mol. The Morgan fingerprint density at radius 2 is 1.78 bits per heavy atom. The molecule has 90 valence electrons. The van der Waals surface area contributed by atoms with E-state index in [4.69, 9.17) is 0 Å². The van der Waals surface area contributed by atoms with Gasteiger partial charge in [-0.2, -0.15) is 0 Å². The fourth-order valence-electron chi connectivity index (χ4n) is 2.02. The third kappa shape index (κ3) is 1.88. The molecule has 1 aromatic carbocycles. The van der Waals surface area contributed by atoms with Crippen molar-refractivity contribution in [3.05, 3.63) is 70.4 Å². The summed E-state index contributed by atoms with van der Waals surface area (Å²) in [5.74, 6) is 0.804. The van der Waals surface area contributed by atoms with Crippen LogP contribution >= 0.6 is 0 Å². The molecule has 18 heavy (non-hydrogen) atoms. The van der Waals surface area contributed by atoms with Crippen LogP contribution in [0.4, 0.5) is 0 Å². The molecule has 0 aromatic heterocycles. The molecule has 0 unspecified atom stereocenters. The predicted octanol–water partition coefficient (Wildman–Crippen LogP) is 1.82. The highest BCUT2D eigenvalue weighted by molar-refractivity contribution is 5.38. The van der Waals surface area contributed by atoms with Gasteiger partial charge in [0.25, 0.3) is 0 Å².